The van der Waals surface area contributed by atoms with Gasteiger partial charge in [0.1, 0.15) is 11.2 Å². The lowest BCUT2D eigenvalue weighted by Gasteiger charge is -2.17. The number of fused-ring (bicyclic) bond motifs is 7. The Kier molecular flexibility index (Phi) is 5.64. The third-order valence-corrected chi connectivity index (χ3v) is 9.80. The topological polar surface area (TPSA) is 13.1 Å². The summed E-state index contributed by atoms with van der Waals surface area (Å²) in [5.74, 6) is 0. The predicted octanol–water partition coefficient (Wildman–Crippen LogP) is 13.2. The lowest BCUT2D eigenvalue weighted by molar-refractivity contribution is 0.669. The van der Waals surface area contributed by atoms with Gasteiger partial charge in [-0.25, -0.2) is 0 Å². The standard InChI is InChI=1S/C46H28O/c1-2-11-30(12-3-1)45-38-14-6-8-16-40(38)46(41-17-9-7-15-39(41)45)35-22-23-37-42-26-34-21-20-33(25-36(34)28-44(42)47-43(37)27-35)32-19-18-29-10-4-5-13-31(29)24-32/h1-28H. The van der Waals surface area contributed by atoms with E-state index in [1.165, 1.54) is 70.9 Å². The summed E-state index contributed by atoms with van der Waals surface area (Å²) >= 11 is 0. The van der Waals surface area contributed by atoms with Gasteiger partial charge in [0.15, 0.2) is 0 Å². The molecule has 0 aliphatic rings. The monoisotopic (exact) mass is 596 g/mol. The molecule has 1 aromatic heterocycles. The number of hydrogen-bond donors (Lipinski definition) is 0. The molecule has 0 N–H and O–H groups in total. The molecular weight excluding hydrogens is 569 g/mol. The highest BCUT2D eigenvalue weighted by Gasteiger charge is 2.18. The van der Waals surface area contributed by atoms with E-state index in [0.717, 1.165) is 27.5 Å². The number of benzene rings is 9. The molecule has 0 fully saturated rings. The van der Waals surface area contributed by atoms with Crippen molar-refractivity contribution < 1.29 is 4.42 Å². The molecule has 0 radical (unpaired) electrons. The summed E-state index contributed by atoms with van der Waals surface area (Å²) < 4.78 is 6.64. The minimum absolute atomic E-state index is 0.905. The molecule has 0 spiro atoms. The average Bonchev–Trinajstić information content (AvgIpc) is 3.49. The van der Waals surface area contributed by atoms with Crippen LogP contribution in [0, 0.1) is 0 Å². The molecule has 1 heterocycles. The third kappa shape index (κ3) is 4.10. The summed E-state index contributed by atoms with van der Waals surface area (Å²) in [5.41, 5.74) is 9.15. The highest BCUT2D eigenvalue weighted by molar-refractivity contribution is 6.22. The van der Waals surface area contributed by atoms with E-state index in [1.54, 1.807) is 0 Å². The van der Waals surface area contributed by atoms with Crippen molar-refractivity contribution in [1.82, 2.24) is 0 Å². The van der Waals surface area contributed by atoms with Gasteiger partial charge in [-0.1, -0.05) is 133 Å². The normalized spacial score (nSPS) is 11.8. The van der Waals surface area contributed by atoms with Crippen molar-refractivity contribution in [3.63, 3.8) is 0 Å². The molecule has 47 heavy (non-hydrogen) atoms. The van der Waals surface area contributed by atoms with Gasteiger partial charge in [0.2, 0.25) is 0 Å². The lowest BCUT2D eigenvalue weighted by Crippen LogP contribution is -1.90. The van der Waals surface area contributed by atoms with Crippen LogP contribution in [0.1, 0.15) is 0 Å². The van der Waals surface area contributed by atoms with Crippen LogP contribution in [0.3, 0.4) is 0 Å². The number of furan rings is 1. The second kappa shape index (κ2) is 10.2. The summed E-state index contributed by atoms with van der Waals surface area (Å²) in [6.45, 7) is 0. The van der Waals surface area contributed by atoms with Crippen LogP contribution < -0.4 is 0 Å². The predicted molar refractivity (Wildman–Crippen MR) is 200 cm³/mol. The van der Waals surface area contributed by atoms with Crippen molar-refractivity contribution in [2.45, 2.75) is 0 Å². The van der Waals surface area contributed by atoms with Gasteiger partial charge in [0.05, 0.1) is 0 Å². The Morgan fingerprint density at radius 1 is 0.255 bits per heavy atom. The Balaban J connectivity index is 1.15. The molecule has 0 amide bonds. The first-order chi connectivity index (χ1) is 23.3. The van der Waals surface area contributed by atoms with Crippen LogP contribution in [0.5, 0.6) is 0 Å². The van der Waals surface area contributed by atoms with E-state index >= 15 is 0 Å². The van der Waals surface area contributed by atoms with Gasteiger partial charge in [-0.15, -0.1) is 0 Å². The van der Waals surface area contributed by atoms with Crippen LogP contribution in [-0.2, 0) is 0 Å². The third-order valence-electron chi connectivity index (χ3n) is 9.80. The van der Waals surface area contributed by atoms with Gasteiger partial charge in [-0.3, -0.25) is 0 Å². The van der Waals surface area contributed by atoms with Gasteiger partial charge in [0, 0.05) is 10.8 Å². The maximum absolute atomic E-state index is 6.64. The zero-order valence-electron chi connectivity index (χ0n) is 25.6. The van der Waals surface area contributed by atoms with Crippen molar-refractivity contribution >= 4 is 65.0 Å². The average molecular weight is 597 g/mol. The SMILES string of the molecule is c1ccc(-c2c3ccccc3c(-c3ccc4c(c3)oc3cc5cc(-c6ccc7ccccc7c6)ccc5cc34)c3ccccc23)cc1. The van der Waals surface area contributed by atoms with Crippen molar-refractivity contribution in [3.05, 3.63) is 170 Å². The second-order valence-electron chi connectivity index (χ2n) is 12.5. The van der Waals surface area contributed by atoms with Crippen molar-refractivity contribution in [1.29, 1.82) is 0 Å². The summed E-state index contributed by atoms with van der Waals surface area (Å²) in [7, 11) is 0. The summed E-state index contributed by atoms with van der Waals surface area (Å²) in [5, 5.41) is 12.2. The van der Waals surface area contributed by atoms with Crippen molar-refractivity contribution in [2.75, 3.05) is 0 Å². The Hall–Kier alpha value is -6.18. The molecule has 218 valence electrons. The summed E-state index contributed by atoms with van der Waals surface area (Å²) in [4.78, 5) is 0. The van der Waals surface area contributed by atoms with Crippen LogP contribution in [-0.4, -0.2) is 0 Å². The minimum atomic E-state index is 0.905. The van der Waals surface area contributed by atoms with E-state index in [0.29, 0.717) is 0 Å². The van der Waals surface area contributed by atoms with E-state index in [-0.39, 0.29) is 0 Å². The summed E-state index contributed by atoms with van der Waals surface area (Å²) in [6, 6.07) is 61.5. The fourth-order valence-electron chi connectivity index (χ4n) is 7.58. The van der Waals surface area contributed by atoms with Gasteiger partial charge in [0.25, 0.3) is 0 Å². The Labute approximate surface area is 271 Å². The van der Waals surface area contributed by atoms with E-state index < -0.39 is 0 Å². The molecule has 1 heteroatoms. The number of hydrogen-bond acceptors (Lipinski definition) is 1. The first-order valence-electron chi connectivity index (χ1n) is 16.2. The van der Waals surface area contributed by atoms with Gasteiger partial charge in [-0.05, 0) is 113 Å². The molecule has 0 saturated heterocycles. The zero-order valence-corrected chi connectivity index (χ0v) is 25.6. The molecule has 0 aliphatic heterocycles. The lowest BCUT2D eigenvalue weighted by atomic mass is 9.86. The fourth-order valence-corrected chi connectivity index (χ4v) is 7.58. The Morgan fingerprint density at radius 2 is 0.766 bits per heavy atom. The quantitative estimate of drug-likeness (QED) is 0.185. The first kappa shape index (κ1) is 26.1. The van der Waals surface area contributed by atoms with E-state index in [2.05, 4.69) is 170 Å². The number of rotatable bonds is 3. The van der Waals surface area contributed by atoms with Crippen LogP contribution in [0.15, 0.2) is 174 Å². The largest absolute Gasteiger partial charge is 0.456 e. The smallest absolute Gasteiger partial charge is 0.136 e. The van der Waals surface area contributed by atoms with Crippen LogP contribution >= 0.6 is 0 Å². The molecule has 0 atom stereocenters. The Morgan fingerprint density at radius 3 is 1.47 bits per heavy atom. The molecule has 0 aliphatic carbocycles. The molecule has 0 saturated carbocycles. The molecule has 9 aromatic carbocycles. The minimum Gasteiger partial charge on any atom is -0.456 e. The van der Waals surface area contributed by atoms with Gasteiger partial charge >= 0.3 is 0 Å². The highest BCUT2D eigenvalue weighted by Crippen LogP contribution is 2.45. The zero-order chi connectivity index (χ0) is 30.9. The highest BCUT2D eigenvalue weighted by atomic mass is 16.3. The van der Waals surface area contributed by atoms with E-state index in [9.17, 15) is 0 Å². The molecular formula is C46H28O. The van der Waals surface area contributed by atoms with E-state index in [4.69, 9.17) is 4.42 Å². The maximum atomic E-state index is 6.64. The van der Waals surface area contributed by atoms with Gasteiger partial charge < -0.3 is 4.42 Å². The van der Waals surface area contributed by atoms with Gasteiger partial charge in [-0.2, -0.15) is 0 Å². The second-order valence-corrected chi connectivity index (χ2v) is 12.5. The summed E-state index contributed by atoms with van der Waals surface area (Å²) in [6.07, 6.45) is 0. The van der Waals surface area contributed by atoms with Crippen molar-refractivity contribution in [3.8, 4) is 33.4 Å². The molecule has 1 nitrogen and oxygen atoms in total. The Bertz CT molecular complexity index is 2780. The molecule has 0 unspecified atom stereocenters. The molecule has 10 rings (SSSR count). The van der Waals surface area contributed by atoms with Crippen LogP contribution in [0.4, 0.5) is 0 Å². The van der Waals surface area contributed by atoms with Crippen LogP contribution in [0.25, 0.3) is 98.4 Å². The van der Waals surface area contributed by atoms with Crippen molar-refractivity contribution in [2.24, 2.45) is 0 Å². The molecule has 0 bridgehead atoms. The fraction of sp³-hybridized carbons (Fsp3) is 0. The van der Waals surface area contributed by atoms with Crippen LogP contribution in [0.2, 0.25) is 0 Å². The van der Waals surface area contributed by atoms with E-state index in [1.807, 2.05) is 0 Å². The first-order valence-corrected chi connectivity index (χ1v) is 16.2. The molecule has 10 aromatic rings. The maximum Gasteiger partial charge on any atom is 0.136 e.